The van der Waals surface area contributed by atoms with Crippen molar-refractivity contribution in [2.45, 2.75) is 19.8 Å². The van der Waals surface area contributed by atoms with Crippen LogP contribution in [-0.2, 0) is 4.79 Å². The van der Waals surface area contributed by atoms with Gasteiger partial charge in [-0.25, -0.2) is 14.4 Å². The summed E-state index contributed by atoms with van der Waals surface area (Å²) in [7, 11) is 3.91. The molecule has 2 aromatic rings. The summed E-state index contributed by atoms with van der Waals surface area (Å²) >= 11 is 0. The van der Waals surface area contributed by atoms with Crippen molar-refractivity contribution in [3.05, 3.63) is 42.1 Å². The molecule has 1 aromatic carbocycles. The molecule has 1 amide bonds. The van der Waals surface area contributed by atoms with E-state index in [9.17, 15) is 9.18 Å². The molecule has 1 aliphatic rings. The van der Waals surface area contributed by atoms with Crippen LogP contribution in [-0.4, -0.2) is 43.1 Å². The van der Waals surface area contributed by atoms with Crippen molar-refractivity contribution in [1.29, 1.82) is 0 Å². The molecule has 6 nitrogen and oxygen atoms in total. The van der Waals surface area contributed by atoms with E-state index in [0.29, 0.717) is 11.3 Å². The number of benzene rings is 1. The molecule has 26 heavy (non-hydrogen) atoms. The van der Waals surface area contributed by atoms with Crippen LogP contribution < -0.4 is 15.1 Å². The third-order valence-corrected chi connectivity index (χ3v) is 4.73. The lowest BCUT2D eigenvalue weighted by Gasteiger charge is -2.34. The zero-order valence-electron chi connectivity index (χ0n) is 15.4. The van der Waals surface area contributed by atoms with Crippen molar-refractivity contribution in [2.24, 2.45) is 5.92 Å². The van der Waals surface area contributed by atoms with Crippen molar-refractivity contribution in [3.8, 4) is 0 Å². The molecule has 1 aromatic heterocycles. The van der Waals surface area contributed by atoms with Crippen LogP contribution in [0, 0.1) is 18.7 Å². The molecule has 2 heterocycles. The van der Waals surface area contributed by atoms with Crippen LogP contribution in [0.4, 0.5) is 21.6 Å². The Balaban J connectivity index is 1.61. The molecule has 0 saturated carbocycles. The lowest BCUT2D eigenvalue weighted by Crippen LogP contribution is -2.39. The van der Waals surface area contributed by atoms with E-state index >= 15 is 0 Å². The summed E-state index contributed by atoms with van der Waals surface area (Å²) < 4.78 is 13.4. The van der Waals surface area contributed by atoms with Crippen molar-refractivity contribution in [2.75, 3.05) is 42.3 Å². The van der Waals surface area contributed by atoms with Gasteiger partial charge in [0.2, 0.25) is 5.91 Å². The SMILES string of the molecule is Cc1cc(NC(=O)C2CCN(c3cncnc3N(C)C)CC2)ccc1F. The van der Waals surface area contributed by atoms with Crippen LogP contribution in [0.25, 0.3) is 0 Å². The van der Waals surface area contributed by atoms with Gasteiger partial charge in [0.15, 0.2) is 5.82 Å². The van der Waals surface area contributed by atoms with Gasteiger partial charge in [-0.15, -0.1) is 0 Å². The highest BCUT2D eigenvalue weighted by atomic mass is 19.1. The van der Waals surface area contributed by atoms with E-state index in [1.54, 1.807) is 25.4 Å². The number of nitrogens with one attached hydrogen (secondary N) is 1. The Morgan fingerprint density at radius 1 is 1.31 bits per heavy atom. The van der Waals surface area contributed by atoms with Crippen molar-refractivity contribution in [1.82, 2.24) is 9.97 Å². The fraction of sp³-hybridized carbons (Fsp3) is 0.421. The second kappa shape index (κ2) is 7.68. The van der Waals surface area contributed by atoms with Crippen LogP contribution in [0.15, 0.2) is 30.7 Å². The summed E-state index contributed by atoms with van der Waals surface area (Å²) in [6, 6.07) is 4.64. The van der Waals surface area contributed by atoms with Crippen LogP contribution in [0.5, 0.6) is 0 Å². The first-order valence-electron chi connectivity index (χ1n) is 8.75. The highest BCUT2D eigenvalue weighted by molar-refractivity contribution is 5.92. The predicted octanol–water partition coefficient (Wildman–Crippen LogP) is 2.85. The van der Waals surface area contributed by atoms with Crippen LogP contribution >= 0.6 is 0 Å². The molecule has 1 saturated heterocycles. The number of nitrogens with zero attached hydrogens (tertiary/aromatic N) is 4. The summed E-state index contributed by atoms with van der Waals surface area (Å²) in [6.45, 7) is 3.23. The van der Waals surface area contributed by atoms with E-state index in [1.807, 2.05) is 25.2 Å². The average Bonchev–Trinajstić information content (AvgIpc) is 2.65. The fourth-order valence-corrected chi connectivity index (χ4v) is 3.23. The minimum absolute atomic E-state index is 0.00666. The van der Waals surface area contributed by atoms with E-state index in [-0.39, 0.29) is 17.6 Å². The second-order valence-electron chi connectivity index (χ2n) is 6.84. The monoisotopic (exact) mass is 357 g/mol. The van der Waals surface area contributed by atoms with Gasteiger partial charge in [-0.1, -0.05) is 0 Å². The first-order valence-corrected chi connectivity index (χ1v) is 8.75. The number of carbonyl (C=O) groups excluding carboxylic acids is 1. The molecule has 0 atom stereocenters. The van der Waals surface area contributed by atoms with E-state index < -0.39 is 0 Å². The molecule has 7 heteroatoms. The van der Waals surface area contributed by atoms with Gasteiger partial charge in [0.05, 0.1) is 11.9 Å². The minimum Gasteiger partial charge on any atom is -0.367 e. The molecule has 138 valence electrons. The van der Waals surface area contributed by atoms with Gasteiger partial charge in [-0.2, -0.15) is 0 Å². The number of aromatic nitrogens is 2. The van der Waals surface area contributed by atoms with Crippen molar-refractivity contribution < 1.29 is 9.18 Å². The largest absolute Gasteiger partial charge is 0.367 e. The number of rotatable bonds is 4. The molecule has 0 aliphatic carbocycles. The number of carbonyl (C=O) groups is 1. The maximum Gasteiger partial charge on any atom is 0.227 e. The van der Waals surface area contributed by atoms with Crippen LogP contribution in [0.3, 0.4) is 0 Å². The highest BCUT2D eigenvalue weighted by Gasteiger charge is 2.27. The molecule has 0 spiro atoms. The number of hydrogen-bond donors (Lipinski definition) is 1. The highest BCUT2D eigenvalue weighted by Crippen LogP contribution is 2.29. The van der Waals surface area contributed by atoms with Gasteiger partial charge < -0.3 is 15.1 Å². The lowest BCUT2D eigenvalue weighted by molar-refractivity contribution is -0.120. The Kier molecular flexibility index (Phi) is 5.35. The Morgan fingerprint density at radius 2 is 2.04 bits per heavy atom. The number of halogens is 1. The molecule has 3 rings (SSSR count). The standard InChI is InChI=1S/C19H24FN5O/c1-13-10-15(4-5-16(13)20)23-19(26)14-6-8-25(9-7-14)17-11-21-12-22-18(17)24(2)3/h4-5,10-12,14H,6-9H2,1-3H3,(H,23,26). The molecule has 0 bridgehead atoms. The summed E-state index contributed by atoms with van der Waals surface area (Å²) in [5, 5.41) is 2.91. The summed E-state index contributed by atoms with van der Waals surface area (Å²) in [5.41, 5.74) is 2.16. The molecular weight excluding hydrogens is 333 g/mol. The van der Waals surface area contributed by atoms with Crippen LogP contribution in [0.1, 0.15) is 18.4 Å². The van der Waals surface area contributed by atoms with E-state index in [0.717, 1.165) is 37.4 Å². The van der Waals surface area contributed by atoms with Gasteiger partial charge in [0.25, 0.3) is 0 Å². The Morgan fingerprint density at radius 3 is 2.69 bits per heavy atom. The summed E-state index contributed by atoms with van der Waals surface area (Å²) in [6.07, 6.45) is 4.88. The predicted molar refractivity (Wildman–Crippen MR) is 101 cm³/mol. The number of piperidine rings is 1. The Bertz CT molecular complexity index is 787. The van der Waals surface area contributed by atoms with Gasteiger partial charge in [-0.3, -0.25) is 4.79 Å². The second-order valence-corrected chi connectivity index (χ2v) is 6.84. The molecule has 1 fully saturated rings. The quantitative estimate of drug-likeness (QED) is 0.912. The lowest BCUT2D eigenvalue weighted by atomic mass is 9.95. The van der Waals surface area contributed by atoms with Gasteiger partial charge in [0, 0.05) is 38.8 Å². The number of aryl methyl sites for hydroxylation is 1. The van der Waals surface area contributed by atoms with Gasteiger partial charge in [0.1, 0.15) is 12.1 Å². The number of anilines is 3. The third kappa shape index (κ3) is 3.92. The minimum atomic E-state index is -0.266. The third-order valence-electron chi connectivity index (χ3n) is 4.73. The maximum atomic E-state index is 13.4. The van der Waals surface area contributed by atoms with Gasteiger partial charge in [-0.05, 0) is 43.5 Å². The topological polar surface area (TPSA) is 61.4 Å². The van der Waals surface area contributed by atoms with E-state index in [4.69, 9.17) is 0 Å². The normalized spacial score (nSPS) is 15.0. The average molecular weight is 357 g/mol. The fourth-order valence-electron chi connectivity index (χ4n) is 3.23. The van der Waals surface area contributed by atoms with Crippen molar-refractivity contribution >= 4 is 23.1 Å². The zero-order chi connectivity index (χ0) is 18.7. The summed E-state index contributed by atoms with van der Waals surface area (Å²) in [4.78, 5) is 25.2. The van der Waals surface area contributed by atoms with Crippen LogP contribution in [0.2, 0.25) is 0 Å². The maximum absolute atomic E-state index is 13.4. The first kappa shape index (κ1) is 18.1. The van der Waals surface area contributed by atoms with E-state index in [1.165, 1.54) is 6.07 Å². The van der Waals surface area contributed by atoms with Crippen molar-refractivity contribution in [3.63, 3.8) is 0 Å². The number of hydrogen-bond acceptors (Lipinski definition) is 5. The van der Waals surface area contributed by atoms with Gasteiger partial charge >= 0.3 is 0 Å². The van der Waals surface area contributed by atoms with E-state index in [2.05, 4.69) is 20.2 Å². The molecule has 0 radical (unpaired) electrons. The molecule has 1 N–H and O–H groups in total. The smallest absolute Gasteiger partial charge is 0.227 e. The molecule has 0 unspecified atom stereocenters. The molecular formula is C19H24FN5O. The first-order chi connectivity index (χ1) is 12.5. The molecule has 1 aliphatic heterocycles. The zero-order valence-corrected chi connectivity index (χ0v) is 15.4. The summed E-state index contributed by atoms with van der Waals surface area (Å²) in [5.74, 6) is 0.555. The Hall–Kier alpha value is -2.70. The number of amides is 1. The Labute approximate surface area is 153 Å².